The van der Waals surface area contributed by atoms with Gasteiger partial charge in [0.15, 0.2) is 4.84 Å². The highest BCUT2D eigenvalue weighted by Crippen LogP contribution is 2.20. The van der Waals surface area contributed by atoms with Crippen molar-refractivity contribution >= 4 is 40.5 Å². The van der Waals surface area contributed by atoms with E-state index in [1.54, 1.807) is 0 Å². The maximum Gasteiger partial charge on any atom is 0.257 e. The first-order valence-corrected chi connectivity index (χ1v) is 9.19. The number of piperazine rings is 1. The molecule has 0 radical (unpaired) electrons. The monoisotopic (exact) mass is 377 g/mol. The smallest absolute Gasteiger partial charge is 0.257 e. The SMILES string of the molecule is O=C(Nc1ccc(N2CCN(Cc3ccccc3)CC2)cc1)C(Cl)Cl. The summed E-state index contributed by atoms with van der Waals surface area (Å²) in [7, 11) is 0. The maximum atomic E-state index is 11.5. The van der Waals surface area contributed by atoms with E-state index in [0.717, 1.165) is 38.4 Å². The molecule has 1 fully saturated rings. The van der Waals surface area contributed by atoms with Crippen LogP contribution >= 0.6 is 23.2 Å². The van der Waals surface area contributed by atoms with Gasteiger partial charge in [0.05, 0.1) is 0 Å². The summed E-state index contributed by atoms with van der Waals surface area (Å²) in [5.41, 5.74) is 3.21. The zero-order chi connectivity index (χ0) is 17.6. The van der Waals surface area contributed by atoms with Crippen LogP contribution in [0.3, 0.4) is 0 Å². The van der Waals surface area contributed by atoms with E-state index in [-0.39, 0.29) is 0 Å². The summed E-state index contributed by atoms with van der Waals surface area (Å²) in [6, 6.07) is 18.3. The van der Waals surface area contributed by atoms with Crippen molar-refractivity contribution in [2.75, 3.05) is 36.4 Å². The predicted molar refractivity (Wildman–Crippen MR) is 104 cm³/mol. The molecule has 3 rings (SSSR count). The third-order valence-corrected chi connectivity index (χ3v) is 4.72. The highest BCUT2D eigenvalue weighted by molar-refractivity contribution is 6.54. The standard InChI is InChI=1S/C19H21Cl2N3O/c20-18(21)19(25)22-16-6-8-17(9-7-16)24-12-10-23(11-13-24)14-15-4-2-1-3-5-15/h1-9,18H,10-14H2,(H,22,25). The second-order valence-corrected chi connectivity index (χ2v) is 7.18. The number of rotatable bonds is 5. The molecule has 132 valence electrons. The summed E-state index contributed by atoms with van der Waals surface area (Å²) in [5, 5.41) is 2.68. The van der Waals surface area contributed by atoms with E-state index in [2.05, 4.69) is 39.4 Å². The van der Waals surface area contributed by atoms with Crippen LogP contribution in [0.1, 0.15) is 5.56 Å². The van der Waals surface area contributed by atoms with Gasteiger partial charge in [-0.25, -0.2) is 0 Å². The highest BCUT2D eigenvalue weighted by atomic mass is 35.5. The van der Waals surface area contributed by atoms with Gasteiger partial charge in [0.25, 0.3) is 5.91 Å². The van der Waals surface area contributed by atoms with E-state index < -0.39 is 10.7 Å². The third kappa shape index (κ3) is 5.11. The molecule has 0 bridgehead atoms. The van der Waals surface area contributed by atoms with Crippen LogP contribution in [0.25, 0.3) is 0 Å². The number of hydrogen-bond donors (Lipinski definition) is 1. The van der Waals surface area contributed by atoms with E-state index in [9.17, 15) is 4.79 Å². The quantitative estimate of drug-likeness (QED) is 0.805. The zero-order valence-corrected chi connectivity index (χ0v) is 15.4. The Morgan fingerprint density at radius 1 is 0.960 bits per heavy atom. The summed E-state index contributed by atoms with van der Waals surface area (Å²) in [6.45, 7) is 5.05. The lowest BCUT2D eigenvalue weighted by Gasteiger charge is -2.36. The Balaban J connectivity index is 1.51. The lowest BCUT2D eigenvalue weighted by molar-refractivity contribution is -0.114. The molecule has 1 amide bonds. The molecule has 1 aliphatic rings. The summed E-state index contributed by atoms with van der Waals surface area (Å²) in [6.07, 6.45) is 0. The minimum atomic E-state index is -1.06. The molecule has 1 heterocycles. The number of halogens is 2. The van der Waals surface area contributed by atoms with Crippen LogP contribution in [0, 0.1) is 0 Å². The fourth-order valence-electron chi connectivity index (χ4n) is 2.96. The molecule has 1 aliphatic heterocycles. The molecule has 0 unspecified atom stereocenters. The number of anilines is 2. The van der Waals surface area contributed by atoms with Gasteiger partial charge in [-0.3, -0.25) is 9.69 Å². The number of benzene rings is 2. The van der Waals surface area contributed by atoms with Gasteiger partial charge in [-0.1, -0.05) is 53.5 Å². The van der Waals surface area contributed by atoms with Gasteiger partial charge in [-0.05, 0) is 29.8 Å². The highest BCUT2D eigenvalue weighted by Gasteiger charge is 2.17. The molecule has 2 aromatic carbocycles. The van der Waals surface area contributed by atoms with Crippen molar-refractivity contribution in [2.45, 2.75) is 11.4 Å². The van der Waals surface area contributed by atoms with Crippen molar-refractivity contribution in [1.29, 1.82) is 0 Å². The largest absolute Gasteiger partial charge is 0.369 e. The Morgan fingerprint density at radius 3 is 2.20 bits per heavy atom. The van der Waals surface area contributed by atoms with Crippen LogP contribution < -0.4 is 10.2 Å². The molecule has 1 N–H and O–H groups in total. The first-order valence-electron chi connectivity index (χ1n) is 8.32. The molecular formula is C19H21Cl2N3O. The summed E-state index contributed by atoms with van der Waals surface area (Å²) in [5.74, 6) is -0.411. The van der Waals surface area contributed by atoms with Crippen LogP contribution in [-0.2, 0) is 11.3 Å². The van der Waals surface area contributed by atoms with E-state index in [1.807, 2.05) is 30.3 Å². The number of alkyl halides is 2. The fraction of sp³-hybridized carbons (Fsp3) is 0.316. The zero-order valence-electron chi connectivity index (χ0n) is 13.9. The first-order chi connectivity index (χ1) is 12.1. The van der Waals surface area contributed by atoms with Crippen molar-refractivity contribution in [3.05, 3.63) is 60.2 Å². The molecule has 25 heavy (non-hydrogen) atoms. The molecule has 0 aliphatic carbocycles. The van der Waals surface area contributed by atoms with Crippen molar-refractivity contribution < 1.29 is 4.79 Å². The number of hydrogen-bond acceptors (Lipinski definition) is 3. The molecule has 2 aromatic rings. The lowest BCUT2D eigenvalue weighted by atomic mass is 10.2. The average molecular weight is 378 g/mol. The van der Waals surface area contributed by atoms with Gasteiger partial charge in [0.1, 0.15) is 0 Å². The number of nitrogens with zero attached hydrogens (tertiary/aromatic N) is 2. The number of carbonyl (C=O) groups excluding carboxylic acids is 1. The van der Waals surface area contributed by atoms with Gasteiger partial charge in [-0.2, -0.15) is 0 Å². The van der Waals surface area contributed by atoms with Crippen LogP contribution in [0.2, 0.25) is 0 Å². The maximum absolute atomic E-state index is 11.5. The molecule has 0 saturated carbocycles. The van der Waals surface area contributed by atoms with Gasteiger partial charge in [-0.15, -0.1) is 0 Å². The van der Waals surface area contributed by atoms with E-state index in [4.69, 9.17) is 23.2 Å². The van der Waals surface area contributed by atoms with Crippen molar-refractivity contribution in [2.24, 2.45) is 0 Å². The van der Waals surface area contributed by atoms with Crippen LogP contribution in [0.5, 0.6) is 0 Å². The second kappa shape index (κ2) is 8.56. The second-order valence-electron chi connectivity index (χ2n) is 6.09. The van der Waals surface area contributed by atoms with E-state index >= 15 is 0 Å². The molecule has 4 nitrogen and oxygen atoms in total. The Morgan fingerprint density at radius 2 is 1.60 bits per heavy atom. The van der Waals surface area contributed by atoms with Crippen LogP contribution in [0.15, 0.2) is 54.6 Å². The topological polar surface area (TPSA) is 35.6 Å². The van der Waals surface area contributed by atoms with Gasteiger partial charge in [0, 0.05) is 44.1 Å². The summed E-state index contributed by atoms with van der Waals surface area (Å²) < 4.78 is 0. The molecule has 1 saturated heterocycles. The normalized spacial score (nSPS) is 15.4. The van der Waals surface area contributed by atoms with Crippen molar-refractivity contribution in [3.8, 4) is 0 Å². The molecular weight excluding hydrogens is 357 g/mol. The van der Waals surface area contributed by atoms with Crippen LogP contribution in [-0.4, -0.2) is 41.8 Å². The Bertz CT molecular complexity index is 684. The minimum absolute atomic E-state index is 0.411. The van der Waals surface area contributed by atoms with Gasteiger partial charge < -0.3 is 10.2 Å². The predicted octanol–water partition coefficient (Wildman–Crippen LogP) is 3.75. The Kier molecular flexibility index (Phi) is 6.19. The molecule has 0 spiro atoms. The van der Waals surface area contributed by atoms with Gasteiger partial charge in [0.2, 0.25) is 0 Å². The number of amides is 1. The molecule has 0 aromatic heterocycles. The summed E-state index contributed by atoms with van der Waals surface area (Å²) >= 11 is 11.1. The van der Waals surface area contributed by atoms with E-state index in [0.29, 0.717) is 5.69 Å². The van der Waals surface area contributed by atoms with Crippen molar-refractivity contribution in [3.63, 3.8) is 0 Å². The Hall–Kier alpha value is -1.75. The van der Waals surface area contributed by atoms with Gasteiger partial charge >= 0.3 is 0 Å². The Labute approximate surface area is 158 Å². The van der Waals surface area contributed by atoms with Crippen LogP contribution in [0.4, 0.5) is 11.4 Å². The summed E-state index contributed by atoms with van der Waals surface area (Å²) in [4.78, 5) is 15.3. The average Bonchev–Trinajstić information content (AvgIpc) is 2.64. The third-order valence-electron chi connectivity index (χ3n) is 4.32. The fourth-order valence-corrected chi connectivity index (χ4v) is 3.07. The molecule has 0 atom stereocenters. The first kappa shape index (κ1) is 18.1. The lowest BCUT2D eigenvalue weighted by Crippen LogP contribution is -2.45. The van der Waals surface area contributed by atoms with Crippen molar-refractivity contribution in [1.82, 2.24) is 4.90 Å². The molecule has 6 heteroatoms. The number of nitrogens with one attached hydrogen (secondary N) is 1. The number of carbonyl (C=O) groups is 1. The minimum Gasteiger partial charge on any atom is -0.369 e. The van der Waals surface area contributed by atoms with E-state index in [1.165, 1.54) is 5.56 Å².